The first-order valence-electron chi connectivity index (χ1n) is 10.7. The lowest BCUT2D eigenvalue weighted by Crippen LogP contribution is -2.62. The fourth-order valence-corrected chi connectivity index (χ4v) is 7.81. The monoisotopic (exact) mass is 399 g/mol. The lowest BCUT2D eigenvalue weighted by Gasteiger charge is -2.59. The lowest BCUT2D eigenvalue weighted by molar-refractivity contribution is -0.146. The van der Waals surface area contributed by atoms with Crippen LogP contribution in [0, 0.1) is 28.6 Å². The highest BCUT2D eigenvalue weighted by molar-refractivity contribution is 6.01. The van der Waals surface area contributed by atoms with Crippen molar-refractivity contribution in [3.63, 3.8) is 0 Å². The van der Waals surface area contributed by atoms with Crippen LogP contribution >= 0.6 is 0 Å². The van der Waals surface area contributed by atoms with Crippen molar-refractivity contribution in [1.82, 2.24) is 0 Å². The van der Waals surface area contributed by atoms with Crippen LogP contribution in [0.2, 0.25) is 0 Å². The number of Topliss-reactive ketones (excluding diaryl/α,β-unsaturated/α-hetero) is 1. The Bertz CT molecular complexity index is 890. The molecular formula is C23H29NO5. The van der Waals surface area contributed by atoms with Gasteiger partial charge in [0.25, 0.3) is 0 Å². The standard InChI is InChI=1S/C23H29NO5/c1-12-24-23(18(28)11-25)19(29-12)9-16-15-5-4-13-8-14(26)6-7-21(13,2)20(15)17(27)10-22(16,23)3/h6-8,15-17,19-20,25,27H,4-5,9-11H2,1-3H3/t15-,16?,17+,19?,20?,21+,22+,23?/m1/s1. The van der Waals surface area contributed by atoms with E-state index >= 15 is 0 Å². The summed E-state index contributed by atoms with van der Waals surface area (Å²) < 4.78 is 6.00. The molecule has 29 heavy (non-hydrogen) atoms. The van der Waals surface area contributed by atoms with Gasteiger partial charge in [-0.05, 0) is 49.7 Å². The van der Waals surface area contributed by atoms with Crippen molar-refractivity contribution in [1.29, 1.82) is 0 Å². The van der Waals surface area contributed by atoms with Crippen molar-refractivity contribution in [2.45, 2.75) is 64.2 Å². The van der Waals surface area contributed by atoms with Crippen LogP contribution in [-0.4, -0.2) is 52.0 Å². The van der Waals surface area contributed by atoms with Gasteiger partial charge in [0.1, 0.15) is 12.7 Å². The van der Waals surface area contributed by atoms with E-state index in [-0.39, 0.29) is 40.8 Å². The third-order valence-corrected chi connectivity index (χ3v) is 8.91. The van der Waals surface area contributed by atoms with Gasteiger partial charge in [-0.15, -0.1) is 0 Å². The maximum absolute atomic E-state index is 13.0. The molecule has 5 aliphatic rings. The van der Waals surface area contributed by atoms with E-state index in [0.29, 0.717) is 18.7 Å². The Morgan fingerprint density at radius 2 is 2.14 bits per heavy atom. The number of ketones is 2. The molecule has 5 rings (SSSR count). The quantitative estimate of drug-likeness (QED) is 0.740. The minimum Gasteiger partial charge on any atom is -0.475 e. The fourth-order valence-electron chi connectivity index (χ4n) is 7.81. The van der Waals surface area contributed by atoms with E-state index in [9.17, 15) is 19.8 Å². The molecule has 3 fully saturated rings. The first-order valence-corrected chi connectivity index (χ1v) is 10.7. The molecule has 0 aromatic heterocycles. The topological polar surface area (TPSA) is 96.2 Å². The fraction of sp³-hybridized carbons (Fsp3) is 0.696. The van der Waals surface area contributed by atoms with Gasteiger partial charge in [-0.1, -0.05) is 25.5 Å². The molecule has 0 radical (unpaired) electrons. The molecule has 0 amide bonds. The first kappa shape index (κ1) is 19.2. The molecule has 0 spiro atoms. The number of carbonyl (C=O) groups is 2. The predicted octanol–water partition coefficient (Wildman–Crippen LogP) is 1.99. The number of aliphatic hydroxyl groups is 2. The van der Waals surface area contributed by atoms with Crippen LogP contribution in [0.1, 0.15) is 46.5 Å². The molecule has 6 nitrogen and oxygen atoms in total. The minimum absolute atomic E-state index is 0.00453. The zero-order valence-electron chi connectivity index (χ0n) is 17.2. The van der Waals surface area contributed by atoms with Gasteiger partial charge in [0, 0.05) is 23.7 Å². The third-order valence-electron chi connectivity index (χ3n) is 8.91. The highest BCUT2D eigenvalue weighted by atomic mass is 16.5. The molecule has 1 aliphatic heterocycles. The number of rotatable bonds is 2. The van der Waals surface area contributed by atoms with E-state index in [1.807, 2.05) is 6.08 Å². The van der Waals surface area contributed by atoms with E-state index in [1.54, 1.807) is 19.1 Å². The lowest BCUT2D eigenvalue weighted by atomic mass is 9.46. The van der Waals surface area contributed by atoms with Crippen LogP contribution in [0.25, 0.3) is 0 Å². The number of ether oxygens (including phenoxy) is 1. The number of aliphatic imine (C=N–C) groups is 1. The molecule has 2 N–H and O–H groups in total. The van der Waals surface area contributed by atoms with E-state index in [2.05, 4.69) is 13.8 Å². The van der Waals surface area contributed by atoms with Gasteiger partial charge in [-0.3, -0.25) is 9.59 Å². The summed E-state index contributed by atoms with van der Waals surface area (Å²) in [5.74, 6) is 0.570. The van der Waals surface area contributed by atoms with E-state index < -0.39 is 23.7 Å². The number of fused-ring (bicyclic) bond motifs is 7. The summed E-state index contributed by atoms with van der Waals surface area (Å²) in [5, 5.41) is 21.2. The Morgan fingerprint density at radius 3 is 2.86 bits per heavy atom. The summed E-state index contributed by atoms with van der Waals surface area (Å²) in [7, 11) is 0. The number of allylic oxidation sites excluding steroid dienone is 4. The Balaban J connectivity index is 1.61. The first-order chi connectivity index (χ1) is 13.7. The largest absolute Gasteiger partial charge is 0.475 e. The van der Waals surface area contributed by atoms with Gasteiger partial charge in [0.05, 0.1) is 6.10 Å². The molecule has 0 aromatic rings. The van der Waals surface area contributed by atoms with Crippen LogP contribution in [0.3, 0.4) is 0 Å². The van der Waals surface area contributed by atoms with Crippen molar-refractivity contribution >= 4 is 17.5 Å². The van der Waals surface area contributed by atoms with Crippen LogP contribution in [-0.2, 0) is 14.3 Å². The molecule has 0 aromatic carbocycles. The van der Waals surface area contributed by atoms with E-state index in [1.165, 1.54) is 0 Å². The Morgan fingerprint density at radius 1 is 1.38 bits per heavy atom. The Hall–Kier alpha value is -1.79. The molecule has 0 bridgehead atoms. The summed E-state index contributed by atoms with van der Waals surface area (Å²) in [6, 6.07) is 0. The number of aliphatic hydroxyl groups excluding tert-OH is 2. The summed E-state index contributed by atoms with van der Waals surface area (Å²) >= 11 is 0. The summed E-state index contributed by atoms with van der Waals surface area (Å²) in [4.78, 5) is 29.7. The average Bonchev–Trinajstić information content (AvgIpc) is 3.12. The SMILES string of the molecule is CC1=NC2(C(=O)CO)C(CC3[C@H]4CCC5=CC(=O)C=C[C@]5(C)C4[C@@H](O)C[C@@]32C)O1. The van der Waals surface area contributed by atoms with Crippen molar-refractivity contribution in [2.75, 3.05) is 6.61 Å². The summed E-state index contributed by atoms with van der Waals surface area (Å²) in [6.07, 6.45) is 7.20. The number of carbonyl (C=O) groups excluding carboxylic acids is 2. The predicted molar refractivity (Wildman–Crippen MR) is 106 cm³/mol. The molecule has 156 valence electrons. The van der Waals surface area contributed by atoms with Gasteiger partial charge in [-0.2, -0.15) is 0 Å². The van der Waals surface area contributed by atoms with Crippen molar-refractivity contribution in [3.8, 4) is 0 Å². The Labute approximate surface area is 170 Å². The Kier molecular flexibility index (Phi) is 3.89. The minimum atomic E-state index is -1.11. The van der Waals surface area contributed by atoms with Gasteiger partial charge in [-0.25, -0.2) is 4.99 Å². The van der Waals surface area contributed by atoms with Gasteiger partial charge in [0.15, 0.2) is 23.0 Å². The number of nitrogens with zero attached hydrogens (tertiary/aromatic N) is 1. The molecule has 4 aliphatic carbocycles. The zero-order chi connectivity index (χ0) is 20.8. The maximum atomic E-state index is 13.0. The number of hydrogen-bond donors (Lipinski definition) is 2. The van der Waals surface area contributed by atoms with Gasteiger partial charge < -0.3 is 14.9 Å². The smallest absolute Gasteiger partial charge is 0.190 e. The third kappa shape index (κ3) is 2.17. The van der Waals surface area contributed by atoms with E-state index in [4.69, 9.17) is 9.73 Å². The molecule has 3 saturated carbocycles. The normalized spacial score (nSPS) is 50.0. The summed E-state index contributed by atoms with van der Waals surface area (Å²) in [6.45, 7) is 5.38. The molecule has 1 heterocycles. The van der Waals surface area contributed by atoms with Gasteiger partial charge >= 0.3 is 0 Å². The molecule has 8 atom stereocenters. The van der Waals surface area contributed by atoms with Crippen LogP contribution in [0.15, 0.2) is 28.8 Å². The second kappa shape index (κ2) is 5.88. The van der Waals surface area contributed by atoms with Crippen molar-refractivity contribution in [2.24, 2.45) is 33.6 Å². The molecule has 0 saturated heterocycles. The van der Waals surface area contributed by atoms with Gasteiger partial charge in [0.2, 0.25) is 0 Å². The van der Waals surface area contributed by atoms with Crippen LogP contribution in [0.5, 0.6) is 0 Å². The highest BCUT2D eigenvalue weighted by Crippen LogP contribution is 2.69. The second-order valence-electron chi connectivity index (χ2n) is 10.0. The summed E-state index contributed by atoms with van der Waals surface area (Å²) in [5.41, 5.74) is -0.915. The van der Waals surface area contributed by atoms with Crippen molar-refractivity contribution in [3.05, 3.63) is 23.8 Å². The number of hydrogen-bond acceptors (Lipinski definition) is 6. The average molecular weight is 399 g/mol. The molecule has 4 unspecified atom stereocenters. The maximum Gasteiger partial charge on any atom is 0.190 e. The molecule has 6 heteroatoms. The van der Waals surface area contributed by atoms with Crippen LogP contribution < -0.4 is 0 Å². The van der Waals surface area contributed by atoms with E-state index in [0.717, 1.165) is 18.4 Å². The van der Waals surface area contributed by atoms with Crippen LogP contribution in [0.4, 0.5) is 0 Å². The molecular weight excluding hydrogens is 370 g/mol. The second-order valence-corrected chi connectivity index (χ2v) is 10.0. The van der Waals surface area contributed by atoms with Crippen molar-refractivity contribution < 1.29 is 24.5 Å². The highest BCUT2D eigenvalue weighted by Gasteiger charge is 2.74. The zero-order valence-corrected chi connectivity index (χ0v) is 17.2.